The number of carbonyl (C=O) groups is 1. The number of aromatic nitrogens is 2. The van der Waals surface area contributed by atoms with Crippen molar-refractivity contribution in [3.8, 4) is 11.3 Å². The maximum atomic E-state index is 12.0. The lowest BCUT2D eigenvalue weighted by Crippen LogP contribution is -2.29. The summed E-state index contributed by atoms with van der Waals surface area (Å²) in [6.45, 7) is 4.47. The minimum atomic E-state index is -0.467. The van der Waals surface area contributed by atoms with Crippen molar-refractivity contribution >= 4 is 28.3 Å². The van der Waals surface area contributed by atoms with Crippen LogP contribution in [0.5, 0.6) is 0 Å². The number of nitrogens with one attached hydrogen (secondary N) is 2. The van der Waals surface area contributed by atoms with Gasteiger partial charge in [-0.1, -0.05) is 19.9 Å². The van der Waals surface area contributed by atoms with Crippen molar-refractivity contribution < 1.29 is 9.21 Å². The Morgan fingerprint density at radius 2 is 2.17 bits per heavy atom. The minimum absolute atomic E-state index is 0.0586. The van der Waals surface area contributed by atoms with Gasteiger partial charge < -0.3 is 9.73 Å². The molecule has 0 aliphatic rings. The molecule has 6 nitrogen and oxygen atoms in total. The van der Waals surface area contributed by atoms with Gasteiger partial charge in [0.1, 0.15) is 5.01 Å². The van der Waals surface area contributed by atoms with E-state index in [1.165, 1.54) is 11.3 Å². The van der Waals surface area contributed by atoms with Crippen LogP contribution >= 0.6 is 11.3 Å². The van der Waals surface area contributed by atoms with E-state index in [1.54, 1.807) is 12.1 Å². The van der Waals surface area contributed by atoms with E-state index in [1.807, 2.05) is 25.3 Å². The first kappa shape index (κ1) is 16.4. The van der Waals surface area contributed by atoms with Gasteiger partial charge in [-0.3, -0.25) is 9.78 Å². The van der Waals surface area contributed by atoms with Crippen molar-refractivity contribution in [2.75, 3.05) is 0 Å². The first-order valence-electron chi connectivity index (χ1n) is 7.96. The van der Waals surface area contributed by atoms with Gasteiger partial charge in [-0.05, 0) is 25.0 Å². The topological polar surface area (TPSA) is 88.0 Å². The third-order valence-corrected chi connectivity index (χ3v) is 4.89. The van der Waals surface area contributed by atoms with Crippen molar-refractivity contribution in [2.24, 2.45) is 5.92 Å². The number of fused-ring (bicyclic) bond motifs is 1. The number of benzene rings is 1. The van der Waals surface area contributed by atoms with E-state index in [0.717, 1.165) is 29.1 Å². The Morgan fingerprint density at radius 3 is 2.92 bits per heavy atom. The Labute approximate surface area is 142 Å². The van der Waals surface area contributed by atoms with Crippen LogP contribution in [0.1, 0.15) is 31.7 Å². The molecule has 1 aromatic carbocycles. The molecule has 2 aromatic heterocycles. The quantitative estimate of drug-likeness (QED) is 0.717. The van der Waals surface area contributed by atoms with Crippen molar-refractivity contribution in [3.63, 3.8) is 0 Å². The van der Waals surface area contributed by atoms with Crippen molar-refractivity contribution in [1.82, 2.24) is 15.3 Å². The molecule has 0 unspecified atom stereocenters. The molecule has 3 rings (SSSR count). The third kappa shape index (κ3) is 3.41. The van der Waals surface area contributed by atoms with Crippen LogP contribution < -0.4 is 11.1 Å². The van der Waals surface area contributed by atoms with Crippen LogP contribution in [0.3, 0.4) is 0 Å². The fourth-order valence-corrected chi connectivity index (χ4v) is 3.34. The Bertz CT molecular complexity index is 905. The average molecular weight is 345 g/mol. The van der Waals surface area contributed by atoms with Crippen molar-refractivity contribution in [3.05, 3.63) is 39.1 Å². The molecule has 0 aliphatic heterocycles. The molecule has 0 bridgehead atoms. The summed E-state index contributed by atoms with van der Waals surface area (Å²) in [5.74, 6) is -0.333. The van der Waals surface area contributed by atoms with Gasteiger partial charge in [-0.25, -0.2) is 9.78 Å². The van der Waals surface area contributed by atoms with E-state index >= 15 is 0 Å². The summed E-state index contributed by atoms with van der Waals surface area (Å²) in [7, 11) is 0. The zero-order chi connectivity index (χ0) is 17.1. The molecule has 0 fully saturated rings. The molecular formula is C17H19N3O3S. The zero-order valence-corrected chi connectivity index (χ0v) is 14.4. The van der Waals surface area contributed by atoms with Gasteiger partial charge in [0.15, 0.2) is 5.58 Å². The first-order chi connectivity index (χ1) is 11.6. The van der Waals surface area contributed by atoms with Crippen molar-refractivity contribution in [1.29, 1.82) is 0 Å². The Hall–Kier alpha value is -2.41. The number of amides is 1. The SMILES string of the molecule is CCC(CC)C(=O)NCc1nc(-c2ccc3[nH]c(=O)oc3c2)cs1. The summed E-state index contributed by atoms with van der Waals surface area (Å²) in [6, 6.07) is 5.47. The lowest BCUT2D eigenvalue weighted by atomic mass is 10.0. The zero-order valence-electron chi connectivity index (χ0n) is 13.6. The van der Waals surface area contributed by atoms with E-state index in [2.05, 4.69) is 15.3 Å². The number of oxazole rings is 1. The average Bonchev–Trinajstić information content (AvgIpc) is 3.18. The summed E-state index contributed by atoms with van der Waals surface area (Å²) in [6.07, 6.45) is 1.68. The standard InChI is InChI=1S/C17H19N3O3S/c1-3-10(4-2)16(21)18-8-15-19-13(9-24-15)11-5-6-12-14(7-11)23-17(22)20-12/h5-7,9-10H,3-4,8H2,1-2H3,(H,18,21)(H,20,22). The van der Waals surface area contributed by atoms with E-state index in [-0.39, 0.29) is 11.8 Å². The normalized spacial score (nSPS) is 11.3. The second kappa shape index (κ2) is 7.00. The van der Waals surface area contributed by atoms with Gasteiger partial charge in [0.05, 0.1) is 17.8 Å². The van der Waals surface area contributed by atoms with Crippen LogP contribution in [0.2, 0.25) is 0 Å². The Kier molecular flexibility index (Phi) is 4.80. The van der Waals surface area contributed by atoms with E-state index < -0.39 is 5.76 Å². The Morgan fingerprint density at radius 1 is 1.38 bits per heavy atom. The minimum Gasteiger partial charge on any atom is -0.408 e. The highest BCUT2D eigenvalue weighted by Crippen LogP contribution is 2.25. The molecular weight excluding hydrogens is 326 g/mol. The van der Waals surface area contributed by atoms with Crippen LogP contribution in [-0.2, 0) is 11.3 Å². The molecule has 7 heteroatoms. The van der Waals surface area contributed by atoms with Crippen molar-refractivity contribution in [2.45, 2.75) is 33.2 Å². The summed E-state index contributed by atoms with van der Waals surface area (Å²) in [5, 5.41) is 5.72. The summed E-state index contributed by atoms with van der Waals surface area (Å²) in [4.78, 5) is 30.4. The van der Waals surface area contributed by atoms with E-state index in [4.69, 9.17) is 4.42 Å². The lowest BCUT2D eigenvalue weighted by Gasteiger charge is -2.11. The van der Waals surface area contributed by atoms with Gasteiger partial charge in [-0.15, -0.1) is 11.3 Å². The largest absolute Gasteiger partial charge is 0.417 e. The second-order valence-electron chi connectivity index (χ2n) is 5.58. The highest BCUT2D eigenvalue weighted by Gasteiger charge is 2.14. The fourth-order valence-electron chi connectivity index (χ4n) is 2.60. The van der Waals surface area contributed by atoms with Gasteiger partial charge in [0.25, 0.3) is 0 Å². The maximum absolute atomic E-state index is 12.0. The van der Waals surface area contributed by atoms with Crippen LogP contribution in [0.25, 0.3) is 22.4 Å². The number of H-pyrrole nitrogens is 1. The number of aromatic amines is 1. The highest BCUT2D eigenvalue weighted by atomic mass is 32.1. The molecule has 2 N–H and O–H groups in total. The van der Waals surface area contributed by atoms with Gasteiger partial charge in [0.2, 0.25) is 5.91 Å². The summed E-state index contributed by atoms with van der Waals surface area (Å²) in [5.41, 5.74) is 2.85. The molecule has 0 spiro atoms. The lowest BCUT2D eigenvalue weighted by molar-refractivity contribution is -0.125. The molecule has 0 atom stereocenters. The summed E-state index contributed by atoms with van der Waals surface area (Å²) >= 11 is 1.50. The van der Waals surface area contributed by atoms with Crippen LogP contribution in [0.15, 0.2) is 32.8 Å². The van der Waals surface area contributed by atoms with Crippen LogP contribution in [0, 0.1) is 5.92 Å². The van der Waals surface area contributed by atoms with Gasteiger partial charge in [-0.2, -0.15) is 0 Å². The molecule has 126 valence electrons. The predicted molar refractivity (Wildman–Crippen MR) is 93.9 cm³/mol. The fraction of sp³-hybridized carbons (Fsp3) is 0.353. The van der Waals surface area contributed by atoms with E-state index in [0.29, 0.717) is 17.6 Å². The molecule has 0 radical (unpaired) electrons. The number of hydrogen-bond donors (Lipinski definition) is 2. The number of carbonyl (C=O) groups excluding carboxylic acids is 1. The number of thiazole rings is 1. The first-order valence-corrected chi connectivity index (χ1v) is 8.84. The Balaban J connectivity index is 1.72. The monoisotopic (exact) mass is 345 g/mol. The number of nitrogens with zero attached hydrogens (tertiary/aromatic N) is 1. The summed E-state index contributed by atoms with van der Waals surface area (Å²) < 4.78 is 5.07. The second-order valence-corrected chi connectivity index (χ2v) is 6.53. The predicted octanol–water partition coefficient (Wildman–Crippen LogP) is 3.30. The number of rotatable bonds is 6. The van der Waals surface area contributed by atoms with Crippen LogP contribution in [-0.4, -0.2) is 15.9 Å². The number of hydrogen-bond acceptors (Lipinski definition) is 5. The molecule has 3 aromatic rings. The molecule has 0 saturated carbocycles. The molecule has 0 aliphatic carbocycles. The highest BCUT2D eigenvalue weighted by molar-refractivity contribution is 7.09. The smallest absolute Gasteiger partial charge is 0.408 e. The van der Waals surface area contributed by atoms with Gasteiger partial charge >= 0.3 is 5.76 Å². The van der Waals surface area contributed by atoms with E-state index in [9.17, 15) is 9.59 Å². The van der Waals surface area contributed by atoms with Crippen LogP contribution in [0.4, 0.5) is 0 Å². The maximum Gasteiger partial charge on any atom is 0.417 e. The third-order valence-electron chi connectivity index (χ3n) is 4.04. The molecule has 1 amide bonds. The molecule has 0 saturated heterocycles. The molecule has 24 heavy (non-hydrogen) atoms. The van der Waals surface area contributed by atoms with Gasteiger partial charge in [0, 0.05) is 16.9 Å². The molecule has 2 heterocycles.